The molecule has 1 aliphatic carbocycles. The summed E-state index contributed by atoms with van der Waals surface area (Å²) < 4.78 is 5.57. The molecular weight excluding hydrogens is 240 g/mol. The van der Waals surface area contributed by atoms with Crippen molar-refractivity contribution in [3.63, 3.8) is 0 Å². The Morgan fingerprint density at radius 2 is 2.11 bits per heavy atom. The van der Waals surface area contributed by atoms with Crippen molar-refractivity contribution < 1.29 is 9.53 Å². The second-order valence-electron chi connectivity index (χ2n) is 4.96. The van der Waals surface area contributed by atoms with E-state index in [2.05, 4.69) is 5.32 Å². The average molecular weight is 262 g/mol. The van der Waals surface area contributed by atoms with E-state index in [1.54, 1.807) is 4.90 Å². The third-order valence-electron chi connectivity index (χ3n) is 3.21. The van der Waals surface area contributed by atoms with Gasteiger partial charge in [-0.3, -0.25) is 4.79 Å². The van der Waals surface area contributed by atoms with Gasteiger partial charge in [-0.25, -0.2) is 0 Å². The highest BCUT2D eigenvalue weighted by molar-refractivity contribution is 5.76. The molecule has 0 bridgehead atoms. The lowest BCUT2D eigenvalue weighted by molar-refractivity contribution is -0.130. The van der Waals surface area contributed by atoms with Gasteiger partial charge in [-0.2, -0.15) is 0 Å². The maximum Gasteiger partial charge on any atom is 0.223 e. The van der Waals surface area contributed by atoms with E-state index in [-0.39, 0.29) is 5.91 Å². The van der Waals surface area contributed by atoms with E-state index in [1.165, 1.54) is 12.8 Å². The van der Waals surface area contributed by atoms with Crippen LogP contribution in [0.25, 0.3) is 0 Å². The van der Waals surface area contributed by atoms with Crippen LogP contribution in [-0.4, -0.2) is 43.6 Å². The molecule has 0 unspecified atom stereocenters. The van der Waals surface area contributed by atoms with Gasteiger partial charge < -0.3 is 15.0 Å². The molecule has 104 valence electrons. The standard InChI is InChI=1S/C15H22N2O2/c1-17(15(18)9-10-16-13-7-8-13)11-12-19-14-5-3-2-4-6-14/h2-6,13,16H,7-12H2,1H3. The SMILES string of the molecule is CN(CCOc1ccccc1)C(=O)CCNC1CC1. The molecule has 1 amide bonds. The van der Waals surface area contributed by atoms with E-state index < -0.39 is 0 Å². The molecule has 4 heteroatoms. The summed E-state index contributed by atoms with van der Waals surface area (Å²) in [5.41, 5.74) is 0. The predicted molar refractivity (Wildman–Crippen MR) is 75.2 cm³/mol. The molecule has 1 aliphatic rings. The number of carbonyl (C=O) groups excluding carboxylic acids is 1. The Bertz CT molecular complexity index is 390. The lowest BCUT2D eigenvalue weighted by Crippen LogP contribution is -2.33. The number of nitrogens with zero attached hydrogens (tertiary/aromatic N) is 1. The Balaban J connectivity index is 1.57. The summed E-state index contributed by atoms with van der Waals surface area (Å²) in [7, 11) is 1.83. The molecule has 0 aliphatic heterocycles. The first kappa shape index (κ1) is 13.9. The third-order valence-corrected chi connectivity index (χ3v) is 3.21. The van der Waals surface area contributed by atoms with Crippen LogP contribution in [0, 0.1) is 0 Å². The number of ether oxygens (including phenoxy) is 1. The Morgan fingerprint density at radius 3 is 2.79 bits per heavy atom. The van der Waals surface area contributed by atoms with Crippen LogP contribution in [0.2, 0.25) is 0 Å². The summed E-state index contributed by atoms with van der Waals surface area (Å²) in [6.45, 7) is 1.94. The average Bonchev–Trinajstić information content (AvgIpc) is 3.24. The van der Waals surface area contributed by atoms with Gasteiger partial charge in [0.15, 0.2) is 0 Å². The molecule has 0 saturated heterocycles. The monoisotopic (exact) mass is 262 g/mol. The van der Waals surface area contributed by atoms with Crippen molar-refractivity contribution in [2.45, 2.75) is 25.3 Å². The molecular formula is C15H22N2O2. The molecule has 0 atom stereocenters. The van der Waals surface area contributed by atoms with E-state index in [1.807, 2.05) is 37.4 Å². The van der Waals surface area contributed by atoms with Crippen LogP contribution in [0.4, 0.5) is 0 Å². The zero-order chi connectivity index (χ0) is 13.5. The molecule has 1 fully saturated rings. The molecule has 1 aromatic carbocycles. The lowest BCUT2D eigenvalue weighted by Gasteiger charge is -2.17. The molecule has 0 heterocycles. The van der Waals surface area contributed by atoms with Gasteiger partial charge in [-0.05, 0) is 25.0 Å². The lowest BCUT2D eigenvalue weighted by atomic mass is 10.3. The van der Waals surface area contributed by atoms with Crippen LogP contribution in [0.15, 0.2) is 30.3 Å². The molecule has 2 rings (SSSR count). The Labute approximate surface area is 114 Å². The highest BCUT2D eigenvalue weighted by Gasteiger charge is 2.20. The van der Waals surface area contributed by atoms with E-state index in [0.717, 1.165) is 12.3 Å². The highest BCUT2D eigenvalue weighted by atomic mass is 16.5. The van der Waals surface area contributed by atoms with E-state index >= 15 is 0 Å². The van der Waals surface area contributed by atoms with Crippen LogP contribution in [0.1, 0.15) is 19.3 Å². The minimum atomic E-state index is 0.171. The van der Waals surface area contributed by atoms with Gasteiger partial charge in [0.05, 0.1) is 6.54 Å². The molecule has 19 heavy (non-hydrogen) atoms. The number of para-hydroxylation sites is 1. The number of rotatable bonds is 8. The quantitative estimate of drug-likeness (QED) is 0.775. The van der Waals surface area contributed by atoms with Gasteiger partial charge in [-0.1, -0.05) is 18.2 Å². The molecule has 4 nitrogen and oxygen atoms in total. The van der Waals surface area contributed by atoms with Crippen LogP contribution in [0.5, 0.6) is 5.75 Å². The normalized spacial score (nSPS) is 14.2. The molecule has 1 N–H and O–H groups in total. The van der Waals surface area contributed by atoms with E-state index in [0.29, 0.717) is 25.6 Å². The van der Waals surface area contributed by atoms with Gasteiger partial charge in [0, 0.05) is 26.1 Å². The summed E-state index contributed by atoms with van der Waals surface area (Å²) in [5, 5.41) is 3.35. The summed E-state index contributed by atoms with van der Waals surface area (Å²) in [4.78, 5) is 13.6. The number of carbonyl (C=O) groups is 1. The Morgan fingerprint density at radius 1 is 1.37 bits per heavy atom. The van der Waals surface area contributed by atoms with Crippen LogP contribution >= 0.6 is 0 Å². The number of likely N-dealkylation sites (N-methyl/N-ethyl adjacent to an activating group) is 1. The topological polar surface area (TPSA) is 41.6 Å². The van der Waals surface area contributed by atoms with Crippen molar-refractivity contribution in [2.75, 3.05) is 26.7 Å². The van der Waals surface area contributed by atoms with E-state index in [9.17, 15) is 4.79 Å². The first-order chi connectivity index (χ1) is 9.25. The van der Waals surface area contributed by atoms with Crippen molar-refractivity contribution in [1.29, 1.82) is 0 Å². The maximum absolute atomic E-state index is 11.8. The fourth-order valence-electron chi connectivity index (χ4n) is 1.80. The molecule has 1 aromatic rings. The van der Waals surface area contributed by atoms with Gasteiger partial charge in [-0.15, -0.1) is 0 Å². The number of nitrogens with one attached hydrogen (secondary N) is 1. The minimum Gasteiger partial charge on any atom is -0.492 e. The summed E-state index contributed by atoms with van der Waals surface area (Å²) >= 11 is 0. The number of benzene rings is 1. The fourth-order valence-corrected chi connectivity index (χ4v) is 1.80. The van der Waals surface area contributed by atoms with Crippen molar-refractivity contribution in [3.05, 3.63) is 30.3 Å². The summed E-state index contributed by atoms with van der Waals surface area (Å²) in [5.74, 6) is 1.02. The maximum atomic E-state index is 11.8. The second kappa shape index (κ2) is 7.14. The summed E-state index contributed by atoms with van der Waals surface area (Å²) in [6.07, 6.45) is 3.09. The third kappa shape index (κ3) is 5.30. The van der Waals surface area contributed by atoms with Crippen molar-refractivity contribution in [1.82, 2.24) is 10.2 Å². The van der Waals surface area contributed by atoms with Gasteiger partial charge in [0.1, 0.15) is 12.4 Å². The van der Waals surface area contributed by atoms with Crippen molar-refractivity contribution in [2.24, 2.45) is 0 Å². The highest BCUT2D eigenvalue weighted by Crippen LogP contribution is 2.18. The number of hydrogen-bond acceptors (Lipinski definition) is 3. The Kier molecular flexibility index (Phi) is 5.21. The van der Waals surface area contributed by atoms with Gasteiger partial charge in [0.2, 0.25) is 5.91 Å². The minimum absolute atomic E-state index is 0.171. The first-order valence-corrected chi connectivity index (χ1v) is 6.91. The first-order valence-electron chi connectivity index (χ1n) is 6.91. The predicted octanol–water partition coefficient (Wildman–Crippen LogP) is 1.67. The molecule has 0 spiro atoms. The fraction of sp³-hybridized carbons (Fsp3) is 0.533. The molecule has 0 radical (unpaired) electrons. The second-order valence-corrected chi connectivity index (χ2v) is 4.96. The van der Waals surface area contributed by atoms with Crippen molar-refractivity contribution >= 4 is 5.91 Å². The largest absolute Gasteiger partial charge is 0.492 e. The number of amides is 1. The van der Waals surface area contributed by atoms with E-state index in [4.69, 9.17) is 4.74 Å². The number of hydrogen-bond donors (Lipinski definition) is 1. The van der Waals surface area contributed by atoms with Crippen LogP contribution < -0.4 is 10.1 Å². The zero-order valence-electron chi connectivity index (χ0n) is 11.5. The zero-order valence-corrected chi connectivity index (χ0v) is 11.5. The Hall–Kier alpha value is -1.55. The van der Waals surface area contributed by atoms with Crippen LogP contribution in [0.3, 0.4) is 0 Å². The molecule has 1 saturated carbocycles. The molecule has 0 aromatic heterocycles. The van der Waals surface area contributed by atoms with Gasteiger partial charge in [0.25, 0.3) is 0 Å². The van der Waals surface area contributed by atoms with Gasteiger partial charge >= 0.3 is 0 Å². The smallest absolute Gasteiger partial charge is 0.223 e. The van der Waals surface area contributed by atoms with Crippen LogP contribution in [-0.2, 0) is 4.79 Å². The summed E-state index contributed by atoms with van der Waals surface area (Å²) in [6, 6.07) is 10.3. The van der Waals surface area contributed by atoms with Crippen molar-refractivity contribution in [3.8, 4) is 5.75 Å².